The van der Waals surface area contributed by atoms with Crippen molar-refractivity contribution >= 4 is 11.6 Å². The van der Waals surface area contributed by atoms with Gasteiger partial charge in [-0.05, 0) is 18.2 Å². The zero-order valence-electron chi connectivity index (χ0n) is 8.74. The number of halogens is 1. The van der Waals surface area contributed by atoms with E-state index in [9.17, 15) is 0 Å². The summed E-state index contributed by atoms with van der Waals surface area (Å²) in [5.74, 6) is 1.27. The van der Waals surface area contributed by atoms with Gasteiger partial charge in [0.2, 0.25) is 0 Å². The molecule has 0 saturated heterocycles. The van der Waals surface area contributed by atoms with Gasteiger partial charge in [-0.3, -0.25) is 0 Å². The van der Waals surface area contributed by atoms with Gasteiger partial charge in [-0.1, -0.05) is 16.8 Å². The van der Waals surface area contributed by atoms with Crippen LogP contribution in [0.3, 0.4) is 0 Å². The first-order valence-corrected chi connectivity index (χ1v) is 5.12. The third kappa shape index (κ3) is 2.03. The molecule has 1 heterocycles. The summed E-state index contributed by atoms with van der Waals surface area (Å²) in [5, 5.41) is 4.34. The summed E-state index contributed by atoms with van der Waals surface area (Å²) in [6, 6.07) is 7.19. The van der Waals surface area contributed by atoms with Crippen molar-refractivity contribution in [3.05, 3.63) is 35.0 Å². The van der Waals surface area contributed by atoms with Crippen LogP contribution in [0, 0.1) is 0 Å². The van der Waals surface area contributed by atoms with Crippen LogP contribution in [0.1, 0.15) is 5.69 Å². The van der Waals surface area contributed by atoms with E-state index in [-0.39, 0.29) is 0 Å². The fourth-order valence-corrected chi connectivity index (χ4v) is 1.62. The Labute approximate surface area is 97.9 Å². The second kappa shape index (κ2) is 4.55. The predicted molar refractivity (Wildman–Crippen MR) is 61.4 cm³/mol. The Balaban J connectivity index is 2.37. The number of methoxy groups -OCH3 is 1. The summed E-state index contributed by atoms with van der Waals surface area (Å²) in [5.41, 5.74) is 7.00. The summed E-state index contributed by atoms with van der Waals surface area (Å²) >= 11 is 6.01. The van der Waals surface area contributed by atoms with Gasteiger partial charge in [0.05, 0.1) is 17.8 Å². The van der Waals surface area contributed by atoms with Crippen LogP contribution >= 0.6 is 11.6 Å². The molecule has 0 atom stereocenters. The Hall–Kier alpha value is -1.52. The zero-order chi connectivity index (χ0) is 11.5. The van der Waals surface area contributed by atoms with Gasteiger partial charge in [0.25, 0.3) is 0 Å². The number of nitrogens with zero attached hydrogens (tertiary/aromatic N) is 1. The van der Waals surface area contributed by atoms with Crippen molar-refractivity contribution in [2.45, 2.75) is 6.54 Å². The lowest BCUT2D eigenvalue weighted by atomic mass is 10.1. The molecule has 0 aliphatic heterocycles. The molecule has 2 aromatic rings. The van der Waals surface area contributed by atoms with Crippen molar-refractivity contribution in [3.8, 4) is 17.1 Å². The zero-order valence-corrected chi connectivity index (χ0v) is 9.49. The third-order valence-corrected chi connectivity index (χ3v) is 2.50. The molecule has 0 amide bonds. The molecular weight excluding hydrogens is 228 g/mol. The first-order chi connectivity index (χ1) is 7.74. The topological polar surface area (TPSA) is 61.3 Å². The first kappa shape index (κ1) is 11.0. The molecule has 0 aliphatic carbocycles. The highest BCUT2D eigenvalue weighted by Gasteiger charge is 2.08. The SMILES string of the molecule is COc1ccc(-c2cc(CN)no2)cc1Cl. The number of nitrogens with two attached hydrogens (primary N) is 1. The van der Waals surface area contributed by atoms with Gasteiger partial charge in [0.1, 0.15) is 5.75 Å². The summed E-state index contributed by atoms with van der Waals surface area (Å²) in [4.78, 5) is 0. The highest BCUT2D eigenvalue weighted by molar-refractivity contribution is 6.32. The van der Waals surface area contributed by atoms with E-state index in [4.69, 9.17) is 26.6 Å². The van der Waals surface area contributed by atoms with Gasteiger partial charge >= 0.3 is 0 Å². The van der Waals surface area contributed by atoms with Crippen LogP contribution < -0.4 is 10.5 Å². The Morgan fingerprint density at radius 2 is 2.25 bits per heavy atom. The number of rotatable bonds is 3. The molecule has 0 aliphatic rings. The maximum atomic E-state index is 6.01. The highest BCUT2D eigenvalue weighted by Crippen LogP contribution is 2.30. The first-order valence-electron chi connectivity index (χ1n) is 4.74. The number of hydrogen-bond acceptors (Lipinski definition) is 4. The minimum atomic E-state index is 0.355. The van der Waals surface area contributed by atoms with Crippen LogP contribution in [-0.2, 0) is 6.54 Å². The number of aromatic nitrogens is 1. The van der Waals surface area contributed by atoms with E-state index in [0.717, 1.165) is 5.56 Å². The molecule has 5 heteroatoms. The van der Waals surface area contributed by atoms with Gasteiger partial charge in [-0.25, -0.2) is 0 Å². The lowest BCUT2D eigenvalue weighted by molar-refractivity contribution is 0.414. The van der Waals surface area contributed by atoms with Crippen molar-refractivity contribution in [2.75, 3.05) is 7.11 Å². The average Bonchev–Trinajstić information content (AvgIpc) is 2.77. The summed E-state index contributed by atoms with van der Waals surface area (Å²) in [7, 11) is 1.57. The Morgan fingerprint density at radius 1 is 1.44 bits per heavy atom. The van der Waals surface area contributed by atoms with Crippen molar-refractivity contribution in [1.82, 2.24) is 5.16 Å². The van der Waals surface area contributed by atoms with Crippen LogP contribution in [0.5, 0.6) is 5.75 Å². The van der Waals surface area contributed by atoms with E-state index in [0.29, 0.717) is 28.8 Å². The second-order valence-electron chi connectivity index (χ2n) is 3.24. The van der Waals surface area contributed by atoms with Crippen LogP contribution in [0.15, 0.2) is 28.8 Å². The van der Waals surface area contributed by atoms with Crippen molar-refractivity contribution in [1.29, 1.82) is 0 Å². The number of benzene rings is 1. The molecule has 0 unspecified atom stereocenters. The smallest absolute Gasteiger partial charge is 0.167 e. The molecule has 1 aromatic carbocycles. The molecule has 2 rings (SSSR count). The third-order valence-electron chi connectivity index (χ3n) is 2.20. The Morgan fingerprint density at radius 3 is 2.81 bits per heavy atom. The standard InChI is InChI=1S/C11H11ClN2O2/c1-15-10-3-2-7(4-9(10)12)11-5-8(6-13)14-16-11/h2-5H,6,13H2,1H3. The van der Waals surface area contributed by atoms with E-state index >= 15 is 0 Å². The minimum absolute atomic E-state index is 0.355. The molecule has 0 spiro atoms. The fourth-order valence-electron chi connectivity index (χ4n) is 1.36. The monoisotopic (exact) mass is 238 g/mol. The predicted octanol–water partition coefficient (Wildman–Crippen LogP) is 2.46. The van der Waals surface area contributed by atoms with Gasteiger partial charge in [-0.2, -0.15) is 0 Å². The molecule has 2 N–H and O–H groups in total. The molecule has 4 nitrogen and oxygen atoms in total. The van der Waals surface area contributed by atoms with Crippen LogP contribution in [0.25, 0.3) is 11.3 Å². The van der Waals surface area contributed by atoms with E-state index in [1.54, 1.807) is 25.3 Å². The van der Waals surface area contributed by atoms with E-state index in [2.05, 4.69) is 5.16 Å². The molecule has 84 valence electrons. The molecule has 1 aromatic heterocycles. The van der Waals surface area contributed by atoms with Gasteiger partial charge in [0, 0.05) is 18.2 Å². The van der Waals surface area contributed by atoms with Crippen LogP contribution in [0.2, 0.25) is 5.02 Å². The van der Waals surface area contributed by atoms with E-state index in [1.807, 2.05) is 6.07 Å². The highest BCUT2D eigenvalue weighted by atomic mass is 35.5. The summed E-state index contributed by atoms with van der Waals surface area (Å²) < 4.78 is 10.2. The fraction of sp³-hybridized carbons (Fsp3) is 0.182. The second-order valence-corrected chi connectivity index (χ2v) is 3.64. The summed E-state index contributed by atoms with van der Waals surface area (Å²) in [6.07, 6.45) is 0. The minimum Gasteiger partial charge on any atom is -0.495 e. The molecule has 0 bridgehead atoms. The van der Waals surface area contributed by atoms with Crippen molar-refractivity contribution in [3.63, 3.8) is 0 Å². The normalized spacial score (nSPS) is 10.4. The number of hydrogen-bond donors (Lipinski definition) is 1. The van der Waals surface area contributed by atoms with Crippen molar-refractivity contribution in [2.24, 2.45) is 5.73 Å². The summed E-state index contributed by atoms with van der Waals surface area (Å²) in [6.45, 7) is 0.355. The average molecular weight is 239 g/mol. The van der Waals surface area contributed by atoms with Gasteiger partial charge < -0.3 is 15.0 Å². The quantitative estimate of drug-likeness (QED) is 0.892. The van der Waals surface area contributed by atoms with Crippen LogP contribution in [0.4, 0.5) is 0 Å². The maximum absolute atomic E-state index is 6.01. The molecule has 0 fully saturated rings. The molecule has 0 saturated carbocycles. The molecular formula is C11H11ClN2O2. The van der Waals surface area contributed by atoms with E-state index < -0.39 is 0 Å². The lowest BCUT2D eigenvalue weighted by Gasteiger charge is -2.03. The van der Waals surface area contributed by atoms with Gasteiger partial charge in [0.15, 0.2) is 5.76 Å². The Kier molecular flexibility index (Phi) is 3.12. The largest absolute Gasteiger partial charge is 0.495 e. The maximum Gasteiger partial charge on any atom is 0.167 e. The lowest BCUT2D eigenvalue weighted by Crippen LogP contribution is -1.94. The van der Waals surface area contributed by atoms with Crippen molar-refractivity contribution < 1.29 is 9.26 Å². The van der Waals surface area contributed by atoms with Gasteiger partial charge in [-0.15, -0.1) is 0 Å². The Bertz CT molecular complexity index is 496. The molecule has 16 heavy (non-hydrogen) atoms. The van der Waals surface area contributed by atoms with Crippen LogP contribution in [-0.4, -0.2) is 12.3 Å². The molecule has 0 radical (unpaired) electrons. The van der Waals surface area contributed by atoms with E-state index in [1.165, 1.54) is 0 Å². The number of ether oxygens (including phenoxy) is 1.